The van der Waals surface area contributed by atoms with E-state index in [1.54, 1.807) is 0 Å². The number of aryl methyl sites for hydroxylation is 2. The number of hydrogen-bond donors (Lipinski definition) is 0. The number of fused-ring (bicyclic) bond motifs is 1. The van der Waals surface area contributed by atoms with Crippen molar-refractivity contribution >= 4 is 16.6 Å². The molecule has 0 fully saturated rings. The van der Waals surface area contributed by atoms with Gasteiger partial charge in [0.1, 0.15) is 0 Å². The molecular formula is C16H24N2. The fourth-order valence-electron chi connectivity index (χ4n) is 2.65. The zero-order valence-corrected chi connectivity index (χ0v) is 12.0. The molecule has 0 saturated carbocycles. The molecule has 0 aliphatic carbocycles. The van der Waals surface area contributed by atoms with Gasteiger partial charge in [0.2, 0.25) is 0 Å². The summed E-state index contributed by atoms with van der Waals surface area (Å²) < 4.78 is 2.27. The molecule has 0 aliphatic rings. The van der Waals surface area contributed by atoms with Gasteiger partial charge >= 0.3 is 0 Å². The molecule has 0 N–H and O–H groups in total. The van der Waals surface area contributed by atoms with Crippen molar-refractivity contribution in [2.24, 2.45) is 7.05 Å². The Kier molecular flexibility index (Phi) is 3.95. The number of hydrogen-bond acceptors (Lipinski definition) is 1. The first-order valence-corrected chi connectivity index (χ1v) is 6.99. The number of benzene rings is 1. The minimum atomic E-state index is 1.14. The van der Waals surface area contributed by atoms with Crippen LogP contribution in [0.2, 0.25) is 0 Å². The zero-order chi connectivity index (χ0) is 13.1. The van der Waals surface area contributed by atoms with E-state index in [2.05, 4.69) is 61.6 Å². The van der Waals surface area contributed by atoms with Crippen LogP contribution in [-0.4, -0.2) is 17.7 Å². The van der Waals surface area contributed by atoms with Crippen molar-refractivity contribution in [2.45, 2.75) is 33.6 Å². The average molecular weight is 244 g/mol. The molecule has 1 aromatic carbocycles. The van der Waals surface area contributed by atoms with Gasteiger partial charge in [-0.25, -0.2) is 0 Å². The molecular weight excluding hydrogens is 220 g/mol. The van der Waals surface area contributed by atoms with Crippen molar-refractivity contribution in [3.8, 4) is 0 Å². The monoisotopic (exact) mass is 244 g/mol. The van der Waals surface area contributed by atoms with Gasteiger partial charge in [-0.15, -0.1) is 0 Å². The third kappa shape index (κ3) is 2.24. The van der Waals surface area contributed by atoms with Crippen LogP contribution in [0.25, 0.3) is 10.9 Å². The van der Waals surface area contributed by atoms with E-state index in [0.717, 1.165) is 13.1 Å². The van der Waals surface area contributed by atoms with E-state index in [4.69, 9.17) is 0 Å². The summed E-state index contributed by atoms with van der Waals surface area (Å²) >= 11 is 0. The maximum atomic E-state index is 2.52. The molecule has 1 aromatic heterocycles. The Hall–Kier alpha value is -1.44. The largest absolute Gasteiger partial charge is 0.371 e. The van der Waals surface area contributed by atoms with Crippen molar-refractivity contribution in [3.63, 3.8) is 0 Å². The summed E-state index contributed by atoms with van der Waals surface area (Å²) in [6.45, 7) is 8.95. The van der Waals surface area contributed by atoms with E-state index < -0.39 is 0 Å². The normalized spacial score (nSPS) is 11.1. The quantitative estimate of drug-likeness (QED) is 0.768. The van der Waals surface area contributed by atoms with Gasteiger partial charge in [-0.1, -0.05) is 19.9 Å². The Balaban J connectivity index is 2.51. The molecule has 2 nitrogen and oxygen atoms in total. The van der Waals surface area contributed by atoms with Gasteiger partial charge in [0.25, 0.3) is 0 Å². The van der Waals surface area contributed by atoms with Crippen LogP contribution in [0.5, 0.6) is 0 Å². The van der Waals surface area contributed by atoms with Crippen LogP contribution in [0.4, 0.5) is 5.69 Å². The predicted octanol–water partition coefficient (Wildman–Crippen LogP) is 4.11. The maximum absolute atomic E-state index is 2.52. The van der Waals surface area contributed by atoms with E-state index in [1.165, 1.54) is 35.1 Å². The fraction of sp³-hybridized carbons (Fsp3) is 0.500. The van der Waals surface area contributed by atoms with Gasteiger partial charge in [-0.2, -0.15) is 0 Å². The van der Waals surface area contributed by atoms with Gasteiger partial charge in [0, 0.05) is 36.9 Å². The first-order valence-electron chi connectivity index (χ1n) is 6.99. The predicted molar refractivity (Wildman–Crippen MR) is 80.5 cm³/mol. The van der Waals surface area contributed by atoms with Crippen molar-refractivity contribution in [1.82, 2.24) is 4.57 Å². The summed E-state index contributed by atoms with van der Waals surface area (Å²) in [4.78, 5) is 2.52. The summed E-state index contributed by atoms with van der Waals surface area (Å²) in [7, 11) is 2.14. The highest BCUT2D eigenvalue weighted by atomic mass is 15.1. The van der Waals surface area contributed by atoms with Gasteiger partial charge in [0.05, 0.1) is 5.52 Å². The van der Waals surface area contributed by atoms with Crippen LogP contribution < -0.4 is 4.90 Å². The first-order chi connectivity index (χ1) is 8.69. The van der Waals surface area contributed by atoms with Gasteiger partial charge < -0.3 is 9.47 Å². The van der Waals surface area contributed by atoms with Crippen LogP contribution in [0.1, 0.15) is 32.4 Å². The third-order valence-electron chi connectivity index (χ3n) is 3.63. The van der Waals surface area contributed by atoms with E-state index in [1.807, 2.05) is 0 Å². The van der Waals surface area contributed by atoms with Crippen LogP contribution in [0, 0.1) is 6.92 Å². The Bertz CT molecular complexity index is 519. The van der Waals surface area contributed by atoms with Crippen LogP contribution >= 0.6 is 0 Å². The standard InChI is InChI=1S/C16H24N2/c1-5-10-18(11-6-2)16-9-7-8-15-14(16)12-13(3)17(15)4/h7-9,12H,5-6,10-11H2,1-4H3. The van der Waals surface area contributed by atoms with Crippen molar-refractivity contribution in [1.29, 1.82) is 0 Å². The molecule has 0 unspecified atom stereocenters. The molecule has 0 aliphatic heterocycles. The van der Waals surface area contributed by atoms with Crippen LogP contribution in [-0.2, 0) is 7.05 Å². The highest BCUT2D eigenvalue weighted by molar-refractivity contribution is 5.93. The molecule has 0 spiro atoms. The third-order valence-corrected chi connectivity index (χ3v) is 3.63. The highest BCUT2D eigenvalue weighted by Crippen LogP contribution is 2.29. The SMILES string of the molecule is CCCN(CCC)c1cccc2c1cc(C)n2C. The maximum Gasteiger partial charge on any atom is 0.0500 e. The molecule has 0 amide bonds. The summed E-state index contributed by atoms with van der Waals surface area (Å²) in [5.41, 5.74) is 4.05. The molecule has 2 heteroatoms. The molecule has 18 heavy (non-hydrogen) atoms. The second kappa shape index (κ2) is 5.47. The average Bonchev–Trinajstić information content (AvgIpc) is 2.65. The molecule has 0 bridgehead atoms. The van der Waals surface area contributed by atoms with Crippen molar-refractivity contribution < 1.29 is 0 Å². The lowest BCUT2D eigenvalue weighted by Crippen LogP contribution is -2.24. The topological polar surface area (TPSA) is 8.17 Å². The van der Waals surface area contributed by atoms with Crippen molar-refractivity contribution in [3.05, 3.63) is 30.0 Å². The molecule has 0 radical (unpaired) electrons. The van der Waals surface area contributed by atoms with Gasteiger partial charge in [-0.05, 0) is 38.0 Å². The first kappa shape index (κ1) is 13.0. The number of anilines is 1. The lowest BCUT2D eigenvalue weighted by molar-refractivity contribution is 0.747. The number of aromatic nitrogens is 1. The zero-order valence-electron chi connectivity index (χ0n) is 12.0. The van der Waals surface area contributed by atoms with E-state index in [9.17, 15) is 0 Å². The smallest absolute Gasteiger partial charge is 0.0500 e. The van der Waals surface area contributed by atoms with Crippen LogP contribution in [0.3, 0.4) is 0 Å². The van der Waals surface area contributed by atoms with Gasteiger partial charge in [-0.3, -0.25) is 0 Å². The molecule has 98 valence electrons. The van der Waals surface area contributed by atoms with E-state index in [0.29, 0.717) is 0 Å². The summed E-state index contributed by atoms with van der Waals surface area (Å²) in [5, 5.41) is 1.39. The molecule has 1 heterocycles. The van der Waals surface area contributed by atoms with Crippen molar-refractivity contribution in [2.75, 3.05) is 18.0 Å². The molecule has 0 atom stereocenters. The Morgan fingerprint density at radius 1 is 1.11 bits per heavy atom. The van der Waals surface area contributed by atoms with Crippen LogP contribution in [0.15, 0.2) is 24.3 Å². The fourth-order valence-corrected chi connectivity index (χ4v) is 2.65. The minimum Gasteiger partial charge on any atom is -0.371 e. The second-order valence-electron chi connectivity index (χ2n) is 5.04. The lowest BCUT2D eigenvalue weighted by atomic mass is 10.1. The number of rotatable bonds is 5. The molecule has 2 rings (SSSR count). The van der Waals surface area contributed by atoms with Gasteiger partial charge in [0.15, 0.2) is 0 Å². The lowest BCUT2D eigenvalue weighted by Gasteiger charge is -2.24. The molecule has 2 aromatic rings. The Labute approximate surface area is 110 Å². The van der Waals surface area contributed by atoms with E-state index in [-0.39, 0.29) is 0 Å². The minimum absolute atomic E-state index is 1.14. The summed E-state index contributed by atoms with van der Waals surface area (Å²) in [5.74, 6) is 0. The Morgan fingerprint density at radius 2 is 1.78 bits per heavy atom. The molecule has 0 saturated heterocycles. The highest BCUT2D eigenvalue weighted by Gasteiger charge is 2.11. The summed E-state index contributed by atoms with van der Waals surface area (Å²) in [6.07, 6.45) is 2.39. The Morgan fingerprint density at radius 3 is 2.39 bits per heavy atom. The number of nitrogens with zero attached hydrogens (tertiary/aromatic N) is 2. The van der Waals surface area contributed by atoms with E-state index >= 15 is 0 Å². The summed E-state index contributed by atoms with van der Waals surface area (Å²) in [6, 6.07) is 8.95. The second-order valence-corrected chi connectivity index (χ2v) is 5.04.